The van der Waals surface area contributed by atoms with Gasteiger partial charge in [-0.3, -0.25) is 4.79 Å². The second-order valence-electron chi connectivity index (χ2n) is 6.35. The van der Waals surface area contributed by atoms with Crippen LogP contribution in [0.15, 0.2) is 41.6 Å². The van der Waals surface area contributed by atoms with E-state index in [2.05, 4.69) is 19.5 Å². The molecule has 0 saturated carbocycles. The number of aromatic hydroxyl groups is 1. The Morgan fingerprint density at radius 2 is 2.23 bits per heavy atom. The summed E-state index contributed by atoms with van der Waals surface area (Å²) in [4.78, 5) is 27.4. The van der Waals surface area contributed by atoms with E-state index in [9.17, 15) is 9.90 Å². The monoisotopic (exact) mass is 369 g/mol. The third-order valence-corrected chi connectivity index (χ3v) is 5.26. The summed E-state index contributed by atoms with van der Waals surface area (Å²) in [6.45, 7) is 1.92. The Labute approximate surface area is 155 Å². The van der Waals surface area contributed by atoms with Crippen LogP contribution >= 0.6 is 11.3 Å². The molecule has 1 aliphatic rings. The van der Waals surface area contributed by atoms with Crippen LogP contribution in [0.25, 0.3) is 0 Å². The minimum atomic E-state index is -0.231. The Bertz CT molecular complexity index is 893. The third kappa shape index (κ3) is 3.32. The molecule has 1 atom stereocenters. The zero-order chi connectivity index (χ0) is 17.9. The van der Waals surface area contributed by atoms with Gasteiger partial charge in [0.25, 0.3) is 5.91 Å². The van der Waals surface area contributed by atoms with Crippen molar-refractivity contribution in [3.05, 3.63) is 58.8 Å². The fourth-order valence-corrected chi connectivity index (χ4v) is 3.94. The molecule has 4 rings (SSSR count). The van der Waals surface area contributed by atoms with Crippen LogP contribution in [0.2, 0.25) is 0 Å². The van der Waals surface area contributed by atoms with Crippen LogP contribution in [0.4, 0.5) is 0 Å². The van der Waals surface area contributed by atoms with Crippen LogP contribution in [0, 0.1) is 0 Å². The summed E-state index contributed by atoms with van der Waals surface area (Å²) in [7, 11) is 0. The summed E-state index contributed by atoms with van der Waals surface area (Å²) >= 11 is 1.58. The molecule has 7 nitrogen and oxygen atoms in total. The van der Waals surface area contributed by atoms with Crippen molar-refractivity contribution in [2.24, 2.45) is 0 Å². The number of imidazole rings is 1. The van der Waals surface area contributed by atoms with Crippen molar-refractivity contribution in [3.63, 3.8) is 0 Å². The van der Waals surface area contributed by atoms with Crippen molar-refractivity contribution in [2.75, 3.05) is 13.1 Å². The molecule has 26 heavy (non-hydrogen) atoms. The highest BCUT2D eigenvalue weighted by Crippen LogP contribution is 2.28. The first-order valence-corrected chi connectivity index (χ1v) is 9.48. The Balaban J connectivity index is 1.52. The van der Waals surface area contributed by atoms with Crippen LogP contribution in [-0.2, 0) is 6.54 Å². The van der Waals surface area contributed by atoms with Crippen molar-refractivity contribution < 1.29 is 9.90 Å². The number of piperidine rings is 1. The molecule has 3 aromatic heterocycles. The smallest absolute Gasteiger partial charge is 0.276 e. The van der Waals surface area contributed by atoms with Crippen molar-refractivity contribution in [3.8, 4) is 5.75 Å². The first kappa shape index (κ1) is 16.7. The molecule has 1 fully saturated rings. The number of rotatable bonds is 4. The number of carbonyl (C=O) groups excluding carboxylic acids is 1. The highest BCUT2D eigenvalue weighted by molar-refractivity contribution is 7.07. The minimum Gasteiger partial charge on any atom is -0.505 e. The van der Waals surface area contributed by atoms with Crippen LogP contribution < -0.4 is 0 Å². The Kier molecular flexibility index (Phi) is 4.66. The number of thiazole rings is 1. The van der Waals surface area contributed by atoms with Gasteiger partial charge < -0.3 is 14.6 Å². The maximum Gasteiger partial charge on any atom is 0.276 e. The van der Waals surface area contributed by atoms with Crippen molar-refractivity contribution >= 4 is 17.2 Å². The lowest BCUT2D eigenvalue weighted by molar-refractivity contribution is 0.0694. The van der Waals surface area contributed by atoms with E-state index in [1.54, 1.807) is 28.5 Å². The van der Waals surface area contributed by atoms with Gasteiger partial charge in [0.05, 0.1) is 17.7 Å². The van der Waals surface area contributed by atoms with Gasteiger partial charge in [-0.1, -0.05) is 0 Å². The van der Waals surface area contributed by atoms with Crippen molar-refractivity contribution in [1.82, 2.24) is 24.4 Å². The number of nitrogens with zero attached hydrogens (tertiary/aromatic N) is 5. The molecule has 1 amide bonds. The highest BCUT2D eigenvalue weighted by atomic mass is 32.1. The second-order valence-corrected chi connectivity index (χ2v) is 7.07. The molecular weight excluding hydrogens is 350 g/mol. The van der Waals surface area contributed by atoms with Gasteiger partial charge in [0.15, 0.2) is 5.69 Å². The van der Waals surface area contributed by atoms with E-state index in [1.165, 1.54) is 12.3 Å². The Morgan fingerprint density at radius 1 is 1.31 bits per heavy atom. The van der Waals surface area contributed by atoms with Crippen molar-refractivity contribution in [1.29, 1.82) is 0 Å². The number of hydrogen-bond donors (Lipinski definition) is 1. The number of likely N-dealkylation sites (tertiary alicyclic amines) is 1. The molecule has 0 radical (unpaired) electrons. The first-order chi connectivity index (χ1) is 12.7. The van der Waals surface area contributed by atoms with Crippen LogP contribution in [0.1, 0.15) is 40.8 Å². The number of carbonyl (C=O) groups is 1. The number of hydrogen-bond acceptors (Lipinski definition) is 6. The fourth-order valence-electron chi connectivity index (χ4n) is 3.39. The molecule has 0 spiro atoms. The summed E-state index contributed by atoms with van der Waals surface area (Å²) in [6.07, 6.45) is 7.15. The van der Waals surface area contributed by atoms with Gasteiger partial charge in [0.2, 0.25) is 0 Å². The van der Waals surface area contributed by atoms with E-state index in [-0.39, 0.29) is 23.3 Å². The standard InChI is InChI=1S/C18H19N5O2S/c24-15-4-1-5-19-16(15)18(25)23-7-2-3-13(9-23)17-20-6-8-22(17)10-14-11-26-12-21-14/h1,4-6,8,11-13,24H,2-3,7,9-10H2. The second kappa shape index (κ2) is 7.25. The van der Waals surface area contributed by atoms with Crippen LogP contribution in [-0.4, -0.2) is 48.5 Å². The largest absolute Gasteiger partial charge is 0.505 e. The van der Waals surface area contributed by atoms with E-state index < -0.39 is 0 Å². The quantitative estimate of drug-likeness (QED) is 0.764. The molecular formula is C18H19N5O2S. The van der Waals surface area contributed by atoms with Crippen LogP contribution in [0.5, 0.6) is 5.75 Å². The molecule has 1 N–H and O–H groups in total. The van der Waals surface area contributed by atoms with E-state index in [0.29, 0.717) is 19.6 Å². The molecule has 8 heteroatoms. The van der Waals surface area contributed by atoms with Crippen molar-refractivity contribution in [2.45, 2.75) is 25.3 Å². The predicted octanol–water partition coefficient (Wildman–Crippen LogP) is 2.51. The number of amides is 1. The zero-order valence-electron chi connectivity index (χ0n) is 14.2. The lowest BCUT2D eigenvalue weighted by Gasteiger charge is -2.32. The summed E-state index contributed by atoms with van der Waals surface area (Å²) in [6, 6.07) is 3.10. The van der Waals surface area contributed by atoms with E-state index >= 15 is 0 Å². The van der Waals surface area contributed by atoms with E-state index in [4.69, 9.17) is 0 Å². The molecule has 4 heterocycles. The predicted molar refractivity (Wildman–Crippen MR) is 97.2 cm³/mol. The summed E-state index contributed by atoms with van der Waals surface area (Å²) in [5, 5.41) is 11.9. The molecule has 0 aromatic carbocycles. The van der Waals surface area contributed by atoms with Gasteiger partial charge in [0, 0.05) is 43.0 Å². The minimum absolute atomic E-state index is 0.0790. The van der Waals surface area contributed by atoms with E-state index in [0.717, 1.165) is 24.4 Å². The highest BCUT2D eigenvalue weighted by Gasteiger charge is 2.29. The van der Waals surface area contributed by atoms with Gasteiger partial charge >= 0.3 is 0 Å². The molecule has 0 aliphatic carbocycles. The van der Waals surface area contributed by atoms with E-state index in [1.807, 2.05) is 17.1 Å². The van der Waals surface area contributed by atoms with Gasteiger partial charge in [-0.2, -0.15) is 0 Å². The maximum absolute atomic E-state index is 12.7. The Hall–Kier alpha value is -2.74. The lowest BCUT2D eigenvalue weighted by atomic mass is 9.96. The van der Waals surface area contributed by atoms with Gasteiger partial charge in [0.1, 0.15) is 11.6 Å². The van der Waals surface area contributed by atoms with Gasteiger partial charge in [-0.15, -0.1) is 11.3 Å². The molecule has 1 aliphatic heterocycles. The molecule has 3 aromatic rings. The Morgan fingerprint density at radius 3 is 3.04 bits per heavy atom. The summed E-state index contributed by atoms with van der Waals surface area (Å²) in [5.74, 6) is 0.822. The third-order valence-electron chi connectivity index (χ3n) is 4.63. The molecule has 134 valence electrons. The molecule has 1 unspecified atom stereocenters. The maximum atomic E-state index is 12.7. The number of pyridine rings is 1. The fraction of sp³-hybridized carbons (Fsp3) is 0.333. The molecule has 1 saturated heterocycles. The topological polar surface area (TPSA) is 84.1 Å². The SMILES string of the molecule is O=C(c1ncccc1O)N1CCCC(c2nccn2Cc2cscn2)C1. The normalized spacial score (nSPS) is 17.4. The summed E-state index contributed by atoms with van der Waals surface area (Å²) in [5.41, 5.74) is 2.95. The number of aromatic nitrogens is 4. The average Bonchev–Trinajstić information content (AvgIpc) is 3.34. The lowest BCUT2D eigenvalue weighted by Crippen LogP contribution is -2.40. The first-order valence-electron chi connectivity index (χ1n) is 8.53. The van der Waals surface area contributed by atoms with Crippen LogP contribution in [0.3, 0.4) is 0 Å². The molecule has 0 bridgehead atoms. The van der Waals surface area contributed by atoms with Gasteiger partial charge in [-0.25, -0.2) is 15.0 Å². The summed E-state index contributed by atoms with van der Waals surface area (Å²) < 4.78 is 2.10. The average molecular weight is 369 g/mol. The van der Waals surface area contributed by atoms with Gasteiger partial charge in [-0.05, 0) is 25.0 Å². The zero-order valence-corrected chi connectivity index (χ0v) is 15.0.